The first-order valence-electron chi connectivity index (χ1n) is 13.5. The number of ether oxygens (including phenoxy) is 4. The predicted octanol–water partition coefficient (Wildman–Crippen LogP) is 6.57. The minimum atomic E-state index is -0.602. The number of nitrogens with zero attached hydrogens (tertiary/aromatic N) is 4. The molecule has 224 valence electrons. The Labute approximate surface area is 258 Å². The zero-order valence-corrected chi connectivity index (χ0v) is 24.2. The smallest absolute Gasteiger partial charge is 0.313 e. The Kier molecular flexibility index (Phi) is 7.02. The maximum atomic E-state index is 13.6. The summed E-state index contributed by atoms with van der Waals surface area (Å²) in [6.07, 6.45) is 1.28. The van der Waals surface area contributed by atoms with Crippen molar-refractivity contribution in [1.29, 1.82) is 0 Å². The van der Waals surface area contributed by atoms with E-state index in [1.165, 1.54) is 18.3 Å². The molecule has 0 saturated carbocycles. The first kappa shape index (κ1) is 27.9. The normalized spacial score (nSPS) is 12.3. The van der Waals surface area contributed by atoms with E-state index in [-0.39, 0.29) is 47.0 Å². The van der Waals surface area contributed by atoms with Crippen LogP contribution in [-0.2, 0) is 6.61 Å². The summed E-state index contributed by atoms with van der Waals surface area (Å²) in [7, 11) is 1.55. The Hall–Kier alpha value is -5.88. The number of hydrogen-bond donors (Lipinski definition) is 0. The van der Waals surface area contributed by atoms with Crippen molar-refractivity contribution in [3.05, 3.63) is 115 Å². The molecule has 0 N–H and O–H groups in total. The van der Waals surface area contributed by atoms with Crippen LogP contribution in [0.25, 0.3) is 33.5 Å². The first-order chi connectivity index (χ1) is 21.9. The molecule has 1 aliphatic heterocycles. The predicted molar refractivity (Wildman–Crippen MR) is 166 cm³/mol. The number of halogens is 1. The highest BCUT2D eigenvalue weighted by Gasteiger charge is 2.22. The number of aromatic nitrogens is 2. The van der Waals surface area contributed by atoms with Crippen molar-refractivity contribution in [2.45, 2.75) is 6.61 Å². The molecule has 2 aromatic heterocycles. The van der Waals surface area contributed by atoms with Crippen LogP contribution in [0.1, 0.15) is 11.1 Å². The van der Waals surface area contributed by atoms with E-state index in [0.29, 0.717) is 44.7 Å². The van der Waals surface area contributed by atoms with Gasteiger partial charge in [0.25, 0.3) is 5.56 Å². The molecule has 12 nitrogen and oxygen atoms in total. The summed E-state index contributed by atoms with van der Waals surface area (Å²) in [5, 5.41) is 17.4. The lowest BCUT2D eigenvalue weighted by molar-refractivity contribution is -0.385. The number of methoxy groups -OCH3 is 1. The maximum absolute atomic E-state index is 13.6. The van der Waals surface area contributed by atoms with Crippen LogP contribution in [0.4, 0.5) is 5.69 Å². The highest BCUT2D eigenvalue weighted by atomic mass is 35.5. The van der Waals surface area contributed by atoms with Gasteiger partial charge in [-0.05, 0) is 54.1 Å². The average molecular weight is 625 g/mol. The third-order valence-electron chi connectivity index (χ3n) is 7.10. The summed E-state index contributed by atoms with van der Waals surface area (Å²) < 4.78 is 29.1. The molecule has 0 atom stereocenters. The number of nitro groups is 1. The standard InChI is InChI=1S/C32H21ClN4O8/c1-41-25-7-4-8-26-21(25)14-29(45-26)31-35-23-6-3-2-5-20(23)32(38)36(31)34-15-19-11-22(33)30(24(12-19)37(39)40)42-16-18-9-10-27-28(13-18)44-17-43-27/h2-15H,16-17H2,1H3. The molecule has 6 aromatic rings. The second-order valence-corrected chi connectivity index (χ2v) is 10.3. The van der Waals surface area contributed by atoms with Crippen LogP contribution < -0.4 is 24.5 Å². The van der Waals surface area contributed by atoms with Gasteiger partial charge >= 0.3 is 5.69 Å². The van der Waals surface area contributed by atoms with Crippen LogP contribution in [0.5, 0.6) is 23.0 Å². The lowest BCUT2D eigenvalue weighted by atomic mass is 10.2. The second kappa shape index (κ2) is 11.3. The van der Waals surface area contributed by atoms with E-state index in [4.69, 9.17) is 35.0 Å². The fourth-order valence-corrected chi connectivity index (χ4v) is 5.25. The molecule has 1 aliphatic rings. The Morgan fingerprint density at radius 3 is 2.73 bits per heavy atom. The molecular weight excluding hydrogens is 604 g/mol. The van der Waals surface area contributed by atoms with Gasteiger partial charge in [0.2, 0.25) is 18.4 Å². The zero-order valence-electron chi connectivity index (χ0n) is 23.4. The Morgan fingerprint density at radius 1 is 1.04 bits per heavy atom. The summed E-state index contributed by atoms with van der Waals surface area (Å²) in [6.45, 7) is 0.115. The Bertz CT molecular complexity index is 2230. The molecule has 4 aromatic carbocycles. The largest absolute Gasteiger partial charge is 0.496 e. The van der Waals surface area contributed by atoms with Gasteiger partial charge in [-0.1, -0.05) is 35.9 Å². The molecular formula is C32H21ClN4O8. The zero-order chi connectivity index (χ0) is 31.1. The molecule has 0 unspecified atom stereocenters. The maximum Gasteiger partial charge on any atom is 0.313 e. The van der Waals surface area contributed by atoms with Crippen molar-refractivity contribution in [3.8, 4) is 34.6 Å². The quantitative estimate of drug-likeness (QED) is 0.104. The number of hydrogen-bond acceptors (Lipinski definition) is 10. The van der Waals surface area contributed by atoms with E-state index in [9.17, 15) is 14.9 Å². The summed E-state index contributed by atoms with van der Waals surface area (Å²) in [4.78, 5) is 29.7. The van der Waals surface area contributed by atoms with E-state index in [0.717, 1.165) is 4.68 Å². The van der Waals surface area contributed by atoms with Crippen LogP contribution >= 0.6 is 11.6 Å². The second-order valence-electron chi connectivity index (χ2n) is 9.88. The Balaban J connectivity index is 1.27. The van der Waals surface area contributed by atoms with Crippen LogP contribution in [0.3, 0.4) is 0 Å². The minimum Gasteiger partial charge on any atom is -0.496 e. The molecule has 0 fully saturated rings. The minimum absolute atomic E-state index is 0.00552. The topological polar surface area (TPSA) is 140 Å². The summed E-state index contributed by atoms with van der Waals surface area (Å²) in [5.74, 6) is 2.03. The van der Waals surface area contributed by atoms with Crippen molar-refractivity contribution in [3.63, 3.8) is 0 Å². The average Bonchev–Trinajstić information content (AvgIpc) is 3.70. The van der Waals surface area contributed by atoms with E-state index in [2.05, 4.69) is 10.1 Å². The monoisotopic (exact) mass is 624 g/mol. The van der Waals surface area contributed by atoms with Gasteiger partial charge < -0.3 is 23.4 Å². The highest BCUT2D eigenvalue weighted by Crippen LogP contribution is 2.38. The van der Waals surface area contributed by atoms with Crippen molar-refractivity contribution < 1.29 is 28.3 Å². The Morgan fingerprint density at radius 2 is 1.89 bits per heavy atom. The summed E-state index contributed by atoms with van der Waals surface area (Å²) in [5.41, 5.74) is 1.08. The van der Waals surface area contributed by atoms with Crippen molar-refractivity contribution in [2.75, 3.05) is 13.9 Å². The molecule has 0 bridgehead atoms. The molecule has 3 heterocycles. The SMILES string of the molecule is COc1cccc2oc(-c3nc4ccccc4c(=O)n3N=Cc3cc(Cl)c(OCc4ccc5c(c4)OCO5)c([N+](=O)[O-])c3)cc12. The molecule has 45 heavy (non-hydrogen) atoms. The molecule has 0 saturated heterocycles. The van der Waals surface area contributed by atoms with Crippen LogP contribution in [0.15, 0.2) is 93.2 Å². The molecule has 0 spiro atoms. The van der Waals surface area contributed by atoms with Crippen molar-refractivity contribution >= 4 is 45.4 Å². The number of nitro benzene ring substituents is 1. The van der Waals surface area contributed by atoms with Crippen molar-refractivity contribution in [2.24, 2.45) is 5.10 Å². The van der Waals surface area contributed by atoms with E-state index >= 15 is 0 Å². The van der Waals surface area contributed by atoms with Crippen molar-refractivity contribution in [1.82, 2.24) is 9.66 Å². The van der Waals surface area contributed by atoms with Gasteiger partial charge in [0.1, 0.15) is 17.9 Å². The van der Waals surface area contributed by atoms with Gasteiger partial charge in [0.05, 0.1) is 39.6 Å². The number of furan rings is 1. The van der Waals surface area contributed by atoms with Gasteiger partial charge in [-0.25, -0.2) is 4.98 Å². The van der Waals surface area contributed by atoms with Gasteiger partial charge in [-0.2, -0.15) is 9.78 Å². The number of para-hydroxylation sites is 1. The van der Waals surface area contributed by atoms with Gasteiger partial charge in [-0.15, -0.1) is 0 Å². The fraction of sp³-hybridized carbons (Fsp3) is 0.0938. The molecule has 0 radical (unpaired) electrons. The summed E-state index contributed by atoms with van der Waals surface area (Å²) >= 11 is 6.49. The van der Waals surface area contributed by atoms with Gasteiger partial charge in [0, 0.05) is 11.6 Å². The third-order valence-corrected chi connectivity index (χ3v) is 7.38. The number of fused-ring (bicyclic) bond motifs is 3. The number of rotatable bonds is 8. The van der Waals surface area contributed by atoms with Crippen LogP contribution in [0, 0.1) is 10.1 Å². The molecule has 0 amide bonds. The van der Waals surface area contributed by atoms with Crippen LogP contribution in [0.2, 0.25) is 5.02 Å². The molecule has 0 aliphatic carbocycles. The first-order valence-corrected chi connectivity index (χ1v) is 13.9. The molecule has 7 rings (SSSR count). The fourth-order valence-electron chi connectivity index (χ4n) is 4.98. The van der Waals surface area contributed by atoms with E-state index < -0.39 is 10.5 Å². The number of benzene rings is 4. The molecule has 13 heteroatoms. The highest BCUT2D eigenvalue weighted by molar-refractivity contribution is 6.32. The van der Waals surface area contributed by atoms with E-state index in [1.807, 2.05) is 0 Å². The lowest BCUT2D eigenvalue weighted by Gasteiger charge is -2.10. The summed E-state index contributed by atoms with van der Waals surface area (Å²) in [6, 6.07) is 21.8. The lowest BCUT2D eigenvalue weighted by Crippen LogP contribution is -2.20. The van der Waals surface area contributed by atoms with Crippen LogP contribution in [-0.4, -0.2) is 34.7 Å². The third kappa shape index (κ3) is 5.17. The van der Waals surface area contributed by atoms with Gasteiger partial charge in [-0.3, -0.25) is 14.9 Å². The van der Waals surface area contributed by atoms with Gasteiger partial charge in [0.15, 0.2) is 17.3 Å². The van der Waals surface area contributed by atoms with E-state index in [1.54, 1.807) is 73.8 Å².